The third-order valence-corrected chi connectivity index (χ3v) is 5.38. The Morgan fingerprint density at radius 1 is 1.13 bits per heavy atom. The lowest BCUT2D eigenvalue weighted by atomic mass is 10.0. The smallest absolute Gasteiger partial charge is 0.322 e. The number of rotatable bonds is 6. The molecule has 0 radical (unpaired) electrons. The van der Waals surface area contributed by atoms with Crippen molar-refractivity contribution < 1.29 is 9.69 Å². The van der Waals surface area contributed by atoms with Crippen molar-refractivity contribution in [2.24, 2.45) is 0 Å². The van der Waals surface area contributed by atoms with Crippen molar-refractivity contribution in [1.29, 1.82) is 0 Å². The number of nitrogens with zero attached hydrogens (tertiary/aromatic N) is 1. The molecule has 0 spiro atoms. The molecule has 0 aliphatic carbocycles. The average Bonchev–Trinajstić information content (AvgIpc) is 2.66. The van der Waals surface area contributed by atoms with E-state index in [2.05, 4.69) is 16.4 Å². The van der Waals surface area contributed by atoms with Gasteiger partial charge >= 0.3 is 6.03 Å². The fourth-order valence-electron chi connectivity index (χ4n) is 3.22. The fraction of sp³-hybridized carbons (Fsp3) is 0.304. The lowest BCUT2D eigenvalue weighted by Gasteiger charge is -2.23. The van der Waals surface area contributed by atoms with Gasteiger partial charge in [-0.3, -0.25) is 4.79 Å². The SMILES string of the molecule is Cc1cc2cc(CN(CC[NH+](C)C)C(=O)Nc3cccc(Cl)c3)c(=O)[nH]c2cc1C. The van der Waals surface area contributed by atoms with Gasteiger partial charge in [0.25, 0.3) is 5.56 Å². The summed E-state index contributed by atoms with van der Waals surface area (Å²) in [6.07, 6.45) is 0. The first-order valence-corrected chi connectivity index (χ1v) is 10.3. The van der Waals surface area contributed by atoms with E-state index in [0.29, 0.717) is 22.8 Å². The third-order valence-electron chi connectivity index (χ3n) is 5.14. The number of aromatic nitrogens is 1. The Labute approximate surface area is 181 Å². The third kappa shape index (κ3) is 5.40. The number of urea groups is 1. The Kier molecular flexibility index (Phi) is 6.80. The second kappa shape index (κ2) is 9.32. The van der Waals surface area contributed by atoms with Crippen LogP contribution in [0.4, 0.5) is 10.5 Å². The first kappa shape index (κ1) is 21.9. The fourth-order valence-corrected chi connectivity index (χ4v) is 3.42. The first-order chi connectivity index (χ1) is 14.2. The van der Waals surface area contributed by atoms with Crippen LogP contribution in [-0.2, 0) is 6.54 Å². The normalized spacial score (nSPS) is 11.1. The Bertz CT molecular complexity index is 1120. The van der Waals surface area contributed by atoms with Crippen LogP contribution in [0.3, 0.4) is 0 Å². The van der Waals surface area contributed by atoms with Gasteiger partial charge in [-0.15, -0.1) is 0 Å². The lowest BCUT2D eigenvalue weighted by Crippen LogP contribution is -3.06. The standard InChI is InChI=1S/C23H27ClN4O2/c1-15-10-17-12-18(22(29)26-21(17)11-16(15)2)14-28(9-8-27(3)4)23(30)25-20-7-5-6-19(24)13-20/h5-7,10-13H,8-9,14H2,1-4H3,(H,25,30)(H,26,29)/p+1. The Morgan fingerprint density at radius 3 is 2.57 bits per heavy atom. The van der Waals surface area contributed by atoms with Crippen molar-refractivity contribution in [2.45, 2.75) is 20.4 Å². The van der Waals surface area contributed by atoms with E-state index in [0.717, 1.165) is 28.6 Å². The molecule has 3 N–H and O–H groups in total. The largest absolute Gasteiger partial charge is 0.338 e. The van der Waals surface area contributed by atoms with Crippen LogP contribution in [0, 0.1) is 13.8 Å². The minimum atomic E-state index is -0.266. The number of halogens is 1. The van der Waals surface area contributed by atoms with Gasteiger partial charge in [-0.2, -0.15) is 0 Å². The van der Waals surface area contributed by atoms with E-state index in [-0.39, 0.29) is 18.1 Å². The lowest BCUT2D eigenvalue weighted by molar-refractivity contribution is -0.857. The molecule has 1 heterocycles. The molecule has 0 saturated carbocycles. The number of carbonyl (C=O) groups excluding carboxylic acids is 1. The van der Waals surface area contributed by atoms with Crippen LogP contribution < -0.4 is 15.8 Å². The summed E-state index contributed by atoms with van der Waals surface area (Å²) in [5, 5.41) is 4.39. The van der Waals surface area contributed by atoms with Crippen LogP contribution in [-0.4, -0.2) is 43.1 Å². The van der Waals surface area contributed by atoms with Gasteiger partial charge in [0, 0.05) is 21.8 Å². The van der Waals surface area contributed by atoms with Crippen LogP contribution in [0.15, 0.2) is 47.3 Å². The van der Waals surface area contributed by atoms with Crippen LogP contribution in [0.25, 0.3) is 10.9 Å². The molecule has 0 aliphatic rings. The topological polar surface area (TPSA) is 69.6 Å². The predicted molar refractivity (Wildman–Crippen MR) is 123 cm³/mol. The molecule has 6 nitrogen and oxygen atoms in total. The summed E-state index contributed by atoms with van der Waals surface area (Å²) in [7, 11) is 4.06. The number of anilines is 1. The quantitative estimate of drug-likeness (QED) is 0.566. The van der Waals surface area contributed by atoms with Crippen molar-refractivity contribution in [3.8, 4) is 0 Å². The molecule has 0 aliphatic heterocycles. The van der Waals surface area contributed by atoms with E-state index in [1.54, 1.807) is 29.2 Å². The molecule has 0 fully saturated rings. The number of pyridine rings is 1. The van der Waals surface area contributed by atoms with E-state index < -0.39 is 0 Å². The Morgan fingerprint density at radius 2 is 1.87 bits per heavy atom. The number of nitrogens with one attached hydrogen (secondary N) is 3. The predicted octanol–water partition coefficient (Wildman–Crippen LogP) is 2.98. The number of fused-ring (bicyclic) bond motifs is 1. The van der Waals surface area contributed by atoms with Gasteiger partial charge in [-0.05, 0) is 66.8 Å². The van der Waals surface area contributed by atoms with Gasteiger partial charge in [0.2, 0.25) is 0 Å². The zero-order valence-electron chi connectivity index (χ0n) is 17.8. The number of H-pyrrole nitrogens is 1. The Hall–Kier alpha value is -2.83. The van der Waals surface area contributed by atoms with Crippen molar-refractivity contribution >= 4 is 34.2 Å². The van der Waals surface area contributed by atoms with Gasteiger partial charge < -0.3 is 20.1 Å². The number of aromatic amines is 1. The van der Waals surface area contributed by atoms with Crippen molar-refractivity contribution in [1.82, 2.24) is 9.88 Å². The maximum absolute atomic E-state index is 13.0. The van der Waals surface area contributed by atoms with Gasteiger partial charge in [0.15, 0.2) is 0 Å². The highest BCUT2D eigenvalue weighted by Crippen LogP contribution is 2.19. The molecule has 0 saturated heterocycles. The van der Waals surface area contributed by atoms with Gasteiger partial charge in [-0.25, -0.2) is 4.79 Å². The molecule has 1 aromatic heterocycles. The maximum Gasteiger partial charge on any atom is 0.322 e. The summed E-state index contributed by atoms with van der Waals surface area (Å²) in [6.45, 7) is 5.56. The minimum Gasteiger partial charge on any atom is -0.338 e. The van der Waals surface area contributed by atoms with Crippen LogP contribution >= 0.6 is 11.6 Å². The number of hydrogen-bond acceptors (Lipinski definition) is 2. The highest BCUT2D eigenvalue weighted by molar-refractivity contribution is 6.30. The first-order valence-electron chi connectivity index (χ1n) is 9.96. The summed E-state index contributed by atoms with van der Waals surface area (Å²) in [5.74, 6) is 0. The number of quaternary nitrogens is 1. The summed E-state index contributed by atoms with van der Waals surface area (Å²) in [4.78, 5) is 31.5. The molecule has 3 rings (SSSR count). The molecule has 0 unspecified atom stereocenters. The summed E-state index contributed by atoms with van der Waals surface area (Å²) in [5.41, 5.74) is 4.09. The number of likely N-dealkylation sites (N-methyl/N-ethyl adjacent to an activating group) is 1. The molecular formula is C23H28ClN4O2+. The molecule has 158 valence electrons. The highest BCUT2D eigenvalue weighted by Gasteiger charge is 2.18. The van der Waals surface area contributed by atoms with Gasteiger partial charge in [0.05, 0.1) is 33.7 Å². The van der Waals surface area contributed by atoms with Gasteiger partial charge in [-0.1, -0.05) is 17.7 Å². The number of amides is 2. The summed E-state index contributed by atoms with van der Waals surface area (Å²) >= 11 is 6.03. The molecule has 7 heteroatoms. The summed E-state index contributed by atoms with van der Waals surface area (Å²) < 4.78 is 0. The Balaban J connectivity index is 1.88. The number of aryl methyl sites for hydroxylation is 2. The van der Waals surface area contributed by atoms with E-state index in [4.69, 9.17) is 11.6 Å². The van der Waals surface area contributed by atoms with E-state index >= 15 is 0 Å². The van der Waals surface area contributed by atoms with Crippen molar-refractivity contribution in [3.05, 3.63) is 74.5 Å². The molecule has 2 aromatic carbocycles. The minimum absolute atomic E-state index is 0.177. The monoisotopic (exact) mass is 427 g/mol. The van der Waals surface area contributed by atoms with Crippen LogP contribution in [0.2, 0.25) is 5.02 Å². The van der Waals surface area contributed by atoms with E-state index in [1.165, 1.54) is 4.90 Å². The maximum atomic E-state index is 13.0. The van der Waals surface area contributed by atoms with Crippen LogP contribution in [0.1, 0.15) is 16.7 Å². The van der Waals surface area contributed by atoms with Crippen LogP contribution in [0.5, 0.6) is 0 Å². The average molecular weight is 428 g/mol. The molecule has 0 bridgehead atoms. The summed E-state index contributed by atoms with van der Waals surface area (Å²) in [6, 6.07) is 12.7. The van der Waals surface area contributed by atoms with E-state index in [9.17, 15) is 9.59 Å². The number of hydrogen-bond donors (Lipinski definition) is 3. The number of benzene rings is 2. The zero-order chi connectivity index (χ0) is 21.8. The number of carbonyl (C=O) groups is 1. The van der Waals surface area contributed by atoms with Crippen molar-refractivity contribution in [3.63, 3.8) is 0 Å². The van der Waals surface area contributed by atoms with E-state index in [1.807, 2.05) is 40.1 Å². The van der Waals surface area contributed by atoms with Gasteiger partial charge in [0.1, 0.15) is 0 Å². The molecule has 2 amide bonds. The molecule has 3 aromatic rings. The van der Waals surface area contributed by atoms with Crippen molar-refractivity contribution in [2.75, 3.05) is 32.5 Å². The second-order valence-electron chi connectivity index (χ2n) is 7.97. The molecular weight excluding hydrogens is 400 g/mol. The molecule has 0 atom stereocenters. The second-order valence-corrected chi connectivity index (χ2v) is 8.40. The molecule has 30 heavy (non-hydrogen) atoms. The highest BCUT2D eigenvalue weighted by atomic mass is 35.5. The zero-order valence-corrected chi connectivity index (χ0v) is 18.6.